The molecule has 8 nitrogen and oxygen atoms in total. The lowest BCUT2D eigenvalue weighted by molar-refractivity contribution is -0.189. The smallest absolute Gasteiger partial charge is 0.425 e. The molecule has 1 saturated carbocycles. The van der Waals surface area contributed by atoms with Gasteiger partial charge in [0, 0.05) is 37.2 Å². The number of halogens is 3. The second-order valence-corrected chi connectivity index (χ2v) is 8.27. The van der Waals surface area contributed by atoms with Crippen LogP contribution in [0.3, 0.4) is 0 Å². The first kappa shape index (κ1) is 20.7. The summed E-state index contributed by atoms with van der Waals surface area (Å²) in [5, 5.41) is 11.7. The van der Waals surface area contributed by atoms with Crippen molar-refractivity contribution >= 4 is 17.5 Å². The molecule has 0 bridgehead atoms. The van der Waals surface area contributed by atoms with Gasteiger partial charge in [-0.05, 0) is 38.5 Å². The van der Waals surface area contributed by atoms with Crippen LogP contribution in [0, 0.1) is 18.8 Å². The first-order valence-corrected chi connectivity index (χ1v) is 10.4. The lowest BCUT2D eigenvalue weighted by atomic mass is 9.67. The van der Waals surface area contributed by atoms with Crippen molar-refractivity contribution in [1.82, 2.24) is 19.8 Å². The molecule has 0 spiro atoms. The Labute approximate surface area is 182 Å². The fourth-order valence-corrected chi connectivity index (χ4v) is 4.57. The molecule has 11 heteroatoms. The van der Waals surface area contributed by atoms with E-state index in [1.807, 2.05) is 19.9 Å². The molecule has 0 aromatic carbocycles. The lowest BCUT2D eigenvalue weighted by Crippen LogP contribution is -2.48. The van der Waals surface area contributed by atoms with E-state index in [1.54, 1.807) is 12.3 Å². The summed E-state index contributed by atoms with van der Waals surface area (Å²) < 4.78 is 50.7. The quantitative estimate of drug-likeness (QED) is 0.594. The summed E-state index contributed by atoms with van der Waals surface area (Å²) >= 11 is 0. The second kappa shape index (κ2) is 7.42. The molecule has 1 aliphatic heterocycles. The molecule has 0 radical (unpaired) electrons. The van der Waals surface area contributed by atoms with Gasteiger partial charge in [-0.1, -0.05) is 11.2 Å². The maximum atomic E-state index is 12.9. The summed E-state index contributed by atoms with van der Waals surface area (Å²) in [6, 6.07) is 5.00. The molecule has 4 atom stereocenters. The number of fused-ring (bicyclic) bond motifs is 2. The molecule has 2 unspecified atom stereocenters. The van der Waals surface area contributed by atoms with Gasteiger partial charge in [0.05, 0.1) is 11.7 Å². The number of nitrogens with zero attached hydrogens (tertiary/aromatic N) is 5. The molecule has 3 aromatic heterocycles. The number of nitrogens with one attached hydrogen (secondary N) is 1. The second-order valence-electron chi connectivity index (χ2n) is 8.27. The van der Waals surface area contributed by atoms with Gasteiger partial charge >= 0.3 is 6.18 Å². The van der Waals surface area contributed by atoms with Crippen molar-refractivity contribution in [2.75, 3.05) is 23.3 Å². The molecule has 170 valence electrons. The van der Waals surface area contributed by atoms with Gasteiger partial charge in [-0.2, -0.15) is 18.2 Å². The number of ether oxygens (including phenoxy) is 1. The maximum Gasteiger partial charge on any atom is 0.425 e. The SMILES string of the molecule is C/C=C1\C2CN(c3cc(C)no3)C[C@H]2[C@@H]1Nc1nc2c(OC(C)C(F)(F)F)cccn2n1. The molecule has 2 aliphatic rings. The van der Waals surface area contributed by atoms with E-state index < -0.39 is 12.3 Å². The third-order valence-corrected chi connectivity index (χ3v) is 6.22. The topological polar surface area (TPSA) is 80.7 Å². The molecule has 2 fully saturated rings. The van der Waals surface area contributed by atoms with Gasteiger partial charge in [-0.25, -0.2) is 4.52 Å². The molecular formula is C21H23F3N6O2. The Hall–Kier alpha value is -3.24. The van der Waals surface area contributed by atoms with Crippen LogP contribution < -0.4 is 15.0 Å². The van der Waals surface area contributed by atoms with Crippen LogP contribution in [0.2, 0.25) is 0 Å². The number of allylic oxidation sites excluding steroid dienone is 1. The Balaban J connectivity index is 1.35. The largest absolute Gasteiger partial charge is 0.477 e. The summed E-state index contributed by atoms with van der Waals surface area (Å²) in [6.07, 6.45) is -2.69. The molecular weight excluding hydrogens is 425 g/mol. The van der Waals surface area contributed by atoms with E-state index in [1.165, 1.54) is 16.2 Å². The Morgan fingerprint density at radius 1 is 1.34 bits per heavy atom. The predicted octanol–water partition coefficient (Wildman–Crippen LogP) is 3.85. The zero-order chi connectivity index (χ0) is 22.6. The first-order valence-electron chi connectivity index (χ1n) is 10.4. The monoisotopic (exact) mass is 448 g/mol. The van der Waals surface area contributed by atoms with Gasteiger partial charge in [0.15, 0.2) is 17.5 Å². The van der Waals surface area contributed by atoms with Gasteiger partial charge in [-0.3, -0.25) is 0 Å². The van der Waals surface area contributed by atoms with Crippen LogP contribution in [0.15, 0.2) is 40.6 Å². The highest BCUT2D eigenvalue weighted by atomic mass is 19.4. The van der Waals surface area contributed by atoms with Gasteiger partial charge in [0.1, 0.15) is 0 Å². The molecule has 32 heavy (non-hydrogen) atoms. The van der Waals surface area contributed by atoms with E-state index in [0.717, 1.165) is 31.6 Å². The van der Waals surface area contributed by atoms with E-state index in [-0.39, 0.29) is 17.4 Å². The molecule has 0 amide bonds. The summed E-state index contributed by atoms with van der Waals surface area (Å²) in [7, 11) is 0. The summed E-state index contributed by atoms with van der Waals surface area (Å²) in [5.74, 6) is 1.86. The van der Waals surface area contributed by atoms with Crippen molar-refractivity contribution in [3.8, 4) is 5.75 Å². The van der Waals surface area contributed by atoms with Gasteiger partial charge in [0.2, 0.25) is 11.8 Å². The highest BCUT2D eigenvalue weighted by Crippen LogP contribution is 2.47. The van der Waals surface area contributed by atoms with Crippen LogP contribution >= 0.6 is 0 Å². The molecule has 1 N–H and O–H groups in total. The Morgan fingerprint density at radius 2 is 2.16 bits per heavy atom. The molecule has 1 saturated heterocycles. The third kappa shape index (κ3) is 3.45. The summed E-state index contributed by atoms with van der Waals surface area (Å²) in [5.41, 5.74) is 2.33. The Morgan fingerprint density at radius 3 is 2.84 bits per heavy atom. The van der Waals surface area contributed by atoms with Crippen LogP contribution in [0.25, 0.3) is 5.65 Å². The van der Waals surface area contributed by atoms with Gasteiger partial charge in [0.25, 0.3) is 0 Å². The molecule has 5 rings (SSSR count). The van der Waals surface area contributed by atoms with Crippen molar-refractivity contribution in [3.05, 3.63) is 41.7 Å². The number of aromatic nitrogens is 4. The fourth-order valence-electron chi connectivity index (χ4n) is 4.57. The highest BCUT2D eigenvalue weighted by molar-refractivity contribution is 5.57. The van der Waals surface area contributed by atoms with E-state index in [0.29, 0.717) is 17.8 Å². The third-order valence-electron chi connectivity index (χ3n) is 6.22. The van der Waals surface area contributed by atoms with E-state index in [2.05, 4.69) is 31.5 Å². The number of rotatable bonds is 5. The Kier molecular flexibility index (Phi) is 4.79. The number of anilines is 2. The molecule has 4 heterocycles. The Bertz CT molecular complexity index is 1170. The van der Waals surface area contributed by atoms with Crippen LogP contribution in [0.1, 0.15) is 19.5 Å². The zero-order valence-electron chi connectivity index (χ0n) is 17.8. The standard InChI is InChI=1S/C21H23F3N6O2/c1-4-13-14-9-29(17-8-11(2)28-32-17)10-15(14)18(13)25-20-26-19-16(6-5-7-30(19)27-20)31-12(3)21(22,23)24/h4-8,12,14-15,18H,9-10H2,1-3H3,(H,25,27)/b13-4+/t12?,14?,15-,18-/m1/s1. The van der Waals surface area contributed by atoms with Crippen LogP contribution in [0.5, 0.6) is 5.75 Å². The normalized spacial score (nSPS) is 25.1. The number of pyridine rings is 1. The lowest BCUT2D eigenvalue weighted by Gasteiger charge is -2.42. The summed E-state index contributed by atoms with van der Waals surface area (Å²) in [4.78, 5) is 6.59. The van der Waals surface area contributed by atoms with Gasteiger partial charge < -0.3 is 19.5 Å². The van der Waals surface area contributed by atoms with Crippen molar-refractivity contribution in [2.45, 2.75) is 39.1 Å². The number of hydrogen-bond acceptors (Lipinski definition) is 7. The summed E-state index contributed by atoms with van der Waals surface area (Å²) in [6.45, 7) is 6.51. The van der Waals surface area contributed by atoms with Crippen LogP contribution in [-0.2, 0) is 0 Å². The number of aryl methyl sites for hydroxylation is 1. The maximum absolute atomic E-state index is 12.9. The van der Waals surface area contributed by atoms with E-state index >= 15 is 0 Å². The first-order chi connectivity index (χ1) is 15.2. The molecule has 1 aliphatic carbocycles. The molecule has 3 aromatic rings. The average Bonchev–Trinajstić information content (AvgIpc) is 3.43. The zero-order valence-corrected chi connectivity index (χ0v) is 17.8. The van der Waals surface area contributed by atoms with E-state index in [9.17, 15) is 13.2 Å². The highest BCUT2D eigenvalue weighted by Gasteiger charge is 2.51. The number of alkyl halides is 3. The fraction of sp³-hybridized carbons (Fsp3) is 0.476. The predicted molar refractivity (Wildman–Crippen MR) is 111 cm³/mol. The minimum Gasteiger partial charge on any atom is -0.477 e. The minimum atomic E-state index is -4.47. The van der Waals surface area contributed by atoms with Crippen molar-refractivity contribution < 1.29 is 22.4 Å². The van der Waals surface area contributed by atoms with Crippen molar-refractivity contribution in [1.29, 1.82) is 0 Å². The minimum absolute atomic E-state index is 0.0309. The van der Waals surface area contributed by atoms with Crippen molar-refractivity contribution in [2.24, 2.45) is 11.8 Å². The average molecular weight is 448 g/mol. The van der Waals surface area contributed by atoms with Crippen LogP contribution in [-0.4, -0.2) is 51.2 Å². The van der Waals surface area contributed by atoms with Crippen molar-refractivity contribution in [3.63, 3.8) is 0 Å². The van der Waals surface area contributed by atoms with Crippen LogP contribution in [0.4, 0.5) is 25.0 Å². The van der Waals surface area contributed by atoms with Gasteiger partial charge in [-0.15, -0.1) is 5.10 Å². The van der Waals surface area contributed by atoms with E-state index in [4.69, 9.17) is 9.26 Å². The number of hydrogen-bond donors (Lipinski definition) is 1.